The molecule has 2 aromatic carbocycles. The molecule has 0 saturated heterocycles. The van der Waals surface area contributed by atoms with E-state index < -0.39 is 17.5 Å². The Hall–Kier alpha value is -4.01. The highest BCUT2D eigenvalue weighted by molar-refractivity contribution is 5.95. The topological polar surface area (TPSA) is 123 Å². The second-order valence-electron chi connectivity index (χ2n) is 6.10. The first-order chi connectivity index (χ1) is 14.5. The van der Waals surface area contributed by atoms with Crippen LogP contribution in [0.15, 0.2) is 48.5 Å². The Balaban J connectivity index is 1.75. The molecule has 3 aromatic rings. The van der Waals surface area contributed by atoms with E-state index in [0.717, 1.165) is 0 Å². The molecule has 1 amide bonds. The lowest BCUT2D eigenvalue weighted by Gasteiger charge is -2.13. The van der Waals surface area contributed by atoms with E-state index in [2.05, 4.69) is 15.3 Å². The molecule has 3 N–H and O–H groups in total. The maximum atomic E-state index is 12.6. The van der Waals surface area contributed by atoms with Gasteiger partial charge in [-0.3, -0.25) is 4.79 Å². The molecule has 9 nitrogen and oxygen atoms in total. The molecule has 30 heavy (non-hydrogen) atoms. The van der Waals surface area contributed by atoms with E-state index in [1.54, 1.807) is 42.5 Å². The number of amides is 1. The van der Waals surface area contributed by atoms with Crippen molar-refractivity contribution in [3.05, 3.63) is 65.6 Å². The lowest BCUT2D eigenvalue weighted by molar-refractivity contribution is 0.0940. The largest absolute Gasteiger partial charge is 0.501 e. The number of nitrogens with one attached hydrogen (secondary N) is 1. The minimum atomic E-state index is -0.714. The zero-order valence-electron chi connectivity index (χ0n) is 16.5. The molecule has 0 saturated carbocycles. The Labute approximate surface area is 172 Å². The van der Waals surface area contributed by atoms with Gasteiger partial charge in [-0.1, -0.05) is 30.3 Å². The van der Waals surface area contributed by atoms with Crippen molar-refractivity contribution < 1.29 is 29.2 Å². The van der Waals surface area contributed by atoms with E-state index in [9.17, 15) is 15.0 Å². The van der Waals surface area contributed by atoms with Crippen molar-refractivity contribution in [3.8, 4) is 28.9 Å². The molecule has 1 heterocycles. The predicted octanol–water partition coefficient (Wildman–Crippen LogP) is 2.41. The number of aromatic nitrogens is 2. The smallest absolute Gasteiger partial charge is 0.274 e. The molecular weight excluding hydrogens is 390 g/mol. The Morgan fingerprint density at radius 3 is 2.47 bits per heavy atom. The van der Waals surface area contributed by atoms with Gasteiger partial charge in [0.15, 0.2) is 23.0 Å². The van der Waals surface area contributed by atoms with Crippen molar-refractivity contribution in [2.45, 2.75) is 13.2 Å². The molecule has 1 aromatic heterocycles. The third-order valence-electron chi connectivity index (χ3n) is 4.16. The van der Waals surface area contributed by atoms with Crippen LogP contribution in [0.3, 0.4) is 0 Å². The van der Waals surface area contributed by atoms with E-state index in [1.165, 1.54) is 14.2 Å². The molecular formula is C21H21N3O6. The van der Waals surface area contributed by atoms with Crippen LogP contribution in [0.4, 0.5) is 0 Å². The molecule has 9 heteroatoms. The minimum Gasteiger partial charge on any atom is -0.501 e. The number of methoxy groups -OCH3 is 2. The summed E-state index contributed by atoms with van der Waals surface area (Å²) in [6.45, 7) is -0.0128. The Morgan fingerprint density at radius 1 is 1.00 bits per heavy atom. The van der Waals surface area contributed by atoms with Gasteiger partial charge in [0.05, 0.1) is 14.2 Å². The first-order valence-corrected chi connectivity index (χ1v) is 8.98. The summed E-state index contributed by atoms with van der Waals surface area (Å²) in [5.41, 5.74) is 0.298. The highest BCUT2D eigenvalue weighted by Crippen LogP contribution is 2.31. The number of hydrogen-bond donors (Lipinski definition) is 3. The average molecular weight is 411 g/mol. The fourth-order valence-electron chi connectivity index (χ4n) is 2.73. The summed E-state index contributed by atoms with van der Waals surface area (Å²) < 4.78 is 16.1. The van der Waals surface area contributed by atoms with Crippen LogP contribution in [-0.2, 0) is 13.2 Å². The van der Waals surface area contributed by atoms with Crippen LogP contribution in [0.5, 0.6) is 28.9 Å². The normalized spacial score (nSPS) is 10.3. The molecule has 0 radical (unpaired) electrons. The molecule has 0 fully saturated rings. The number of benzene rings is 2. The zero-order chi connectivity index (χ0) is 21.5. The van der Waals surface area contributed by atoms with Gasteiger partial charge in [-0.25, -0.2) is 4.98 Å². The van der Waals surface area contributed by atoms with Gasteiger partial charge in [-0.2, -0.15) is 4.98 Å². The summed E-state index contributed by atoms with van der Waals surface area (Å²) in [5.74, 6) is -0.507. The molecule has 0 aliphatic heterocycles. The molecule has 156 valence electrons. The number of aromatic hydroxyl groups is 2. The second-order valence-corrected chi connectivity index (χ2v) is 6.10. The number of carbonyl (C=O) groups is 1. The summed E-state index contributed by atoms with van der Waals surface area (Å²) in [5, 5.41) is 22.6. The van der Waals surface area contributed by atoms with Crippen molar-refractivity contribution >= 4 is 5.91 Å². The van der Waals surface area contributed by atoms with Gasteiger partial charge in [0.25, 0.3) is 11.8 Å². The Bertz CT molecular complexity index is 1030. The number of ether oxygens (including phenoxy) is 3. The SMILES string of the molecule is COc1cccc(CNC(=O)c2nc(COc3ccccc3)nc(O)c2O)c1OC. The van der Waals surface area contributed by atoms with Gasteiger partial charge in [0, 0.05) is 12.1 Å². The predicted molar refractivity (Wildman–Crippen MR) is 107 cm³/mol. The van der Waals surface area contributed by atoms with Gasteiger partial charge in [0.1, 0.15) is 12.4 Å². The fourth-order valence-corrected chi connectivity index (χ4v) is 2.73. The summed E-state index contributed by atoms with van der Waals surface area (Å²) in [6.07, 6.45) is 0. The third kappa shape index (κ3) is 4.69. The lowest BCUT2D eigenvalue weighted by Crippen LogP contribution is -2.25. The van der Waals surface area contributed by atoms with Gasteiger partial charge in [0.2, 0.25) is 5.75 Å². The Kier molecular flexibility index (Phi) is 6.53. The van der Waals surface area contributed by atoms with Gasteiger partial charge in [-0.15, -0.1) is 0 Å². The molecule has 0 spiro atoms. The number of carbonyl (C=O) groups excluding carboxylic acids is 1. The summed E-state index contributed by atoms with van der Waals surface area (Å²) in [7, 11) is 3.01. The van der Waals surface area contributed by atoms with E-state index in [4.69, 9.17) is 14.2 Å². The van der Waals surface area contributed by atoms with Crippen molar-refractivity contribution in [3.63, 3.8) is 0 Å². The first kappa shape index (κ1) is 20.7. The average Bonchev–Trinajstić information content (AvgIpc) is 2.78. The van der Waals surface area contributed by atoms with Crippen LogP contribution in [0.2, 0.25) is 0 Å². The highest BCUT2D eigenvalue weighted by Gasteiger charge is 2.20. The molecule has 0 aliphatic carbocycles. The van der Waals surface area contributed by atoms with Crippen molar-refractivity contribution in [2.24, 2.45) is 0 Å². The van der Waals surface area contributed by atoms with Crippen molar-refractivity contribution in [2.75, 3.05) is 14.2 Å². The maximum Gasteiger partial charge on any atom is 0.274 e. The minimum absolute atomic E-state index is 0.0401. The zero-order valence-corrected chi connectivity index (χ0v) is 16.5. The van der Waals surface area contributed by atoms with Crippen LogP contribution in [-0.4, -0.2) is 40.3 Å². The van der Waals surface area contributed by atoms with E-state index in [0.29, 0.717) is 22.8 Å². The van der Waals surface area contributed by atoms with Crippen LogP contribution in [0.25, 0.3) is 0 Å². The first-order valence-electron chi connectivity index (χ1n) is 8.98. The van der Waals surface area contributed by atoms with Crippen LogP contribution < -0.4 is 19.5 Å². The summed E-state index contributed by atoms with van der Waals surface area (Å²) >= 11 is 0. The molecule has 0 bridgehead atoms. The number of rotatable bonds is 8. The third-order valence-corrected chi connectivity index (χ3v) is 4.16. The van der Waals surface area contributed by atoms with Crippen molar-refractivity contribution in [1.82, 2.24) is 15.3 Å². The van der Waals surface area contributed by atoms with Crippen molar-refractivity contribution in [1.29, 1.82) is 0 Å². The number of hydrogen-bond acceptors (Lipinski definition) is 8. The summed E-state index contributed by atoms with van der Waals surface area (Å²) in [6, 6.07) is 14.2. The molecule has 0 unspecified atom stereocenters. The second kappa shape index (κ2) is 9.46. The molecule has 3 rings (SSSR count). The summed E-state index contributed by atoms with van der Waals surface area (Å²) in [4.78, 5) is 20.4. The highest BCUT2D eigenvalue weighted by atomic mass is 16.5. The van der Waals surface area contributed by atoms with Crippen LogP contribution >= 0.6 is 0 Å². The monoisotopic (exact) mass is 411 g/mol. The molecule has 0 aliphatic rings. The van der Waals surface area contributed by atoms with E-state index in [1.807, 2.05) is 6.07 Å². The van der Waals surface area contributed by atoms with E-state index >= 15 is 0 Å². The van der Waals surface area contributed by atoms with Gasteiger partial charge >= 0.3 is 0 Å². The standard InChI is InChI=1S/C21H21N3O6/c1-28-15-10-6-7-13(19(15)29-2)11-22-20(26)17-18(25)21(27)24-16(23-17)12-30-14-8-4-3-5-9-14/h3-10,25H,11-12H2,1-2H3,(H,22,26)(H,23,24,27). The number of para-hydroxylation sites is 2. The maximum absolute atomic E-state index is 12.6. The fraction of sp³-hybridized carbons (Fsp3) is 0.190. The van der Waals surface area contributed by atoms with Crippen LogP contribution in [0.1, 0.15) is 21.9 Å². The van der Waals surface area contributed by atoms with Crippen LogP contribution in [0, 0.1) is 0 Å². The number of nitrogens with zero attached hydrogens (tertiary/aromatic N) is 2. The Morgan fingerprint density at radius 2 is 1.77 bits per heavy atom. The van der Waals surface area contributed by atoms with E-state index in [-0.39, 0.29) is 24.7 Å². The quantitative estimate of drug-likeness (QED) is 0.516. The van der Waals surface area contributed by atoms with Gasteiger partial charge in [-0.05, 0) is 18.2 Å². The lowest BCUT2D eigenvalue weighted by atomic mass is 10.2. The van der Waals surface area contributed by atoms with Gasteiger partial charge < -0.3 is 29.7 Å². The molecule has 0 atom stereocenters.